The first-order valence-electron chi connectivity index (χ1n) is 11.1. The van der Waals surface area contributed by atoms with Gasteiger partial charge >= 0.3 is 12.1 Å². The Morgan fingerprint density at radius 1 is 1.15 bits per heavy atom. The van der Waals surface area contributed by atoms with Crippen LogP contribution >= 0.6 is 11.3 Å². The number of urea groups is 1. The third kappa shape index (κ3) is 4.00. The molecule has 9 nitrogen and oxygen atoms in total. The van der Waals surface area contributed by atoms with Crippen molar-refractivity contribution >= 4 is 33.7 Å². The molecule has 0 spiro atoms. The van der Waals surface area contributed by atoms with Crippen molar-refractivity contribution in [3.05, 3.63) is 52.8 Å². The Hall–Kier alpha value is -3.47. The van der Waals surface area contributed by atoms with Crippen molar-refractivity contribution in [1.82, 2.24) is 24.3 Å². The van der Waals surface area contributed by atoms with E-state index in [2.05, 4.69) is 4.98 Å². The lowest BCUT2D eigenvalue weighted by atomic mass is 10.2. The third-order valence-corrected chi connectivity index (χ3v) is 7.86. The second-order valence-electron chi connectivity index (χ2n) is 8.74. The molecule has 2 saturated heterocycles. The van der Waals surface area contributed by atoms with E-state index in [0.29, 0.717) is 49.2 Å². The molecule has 2 unspecified atom stereocenters. The lowest BCUT2D eigenvalue weighted by Gasteiger charge is -2.29. The number of hydrogen-bond donors (Lipinski definition) is 1. The summed E-state index contributed by atoms with van der Waals surface area (Å²) < 4.78 is 15.4. The second-order valence-corrected chi connectivity index (χ2v) is 9.79. The highest BCUT2D eigenvalue weighted by Gasteiger charge is 2.35. The van der Waals surface area contributed by atoms with Gasteiger partial charge in [-0.1, -0.05) is 12.1 Å². The molecule has 2 aliphatic rings. The van der Waals surface area contributed by atoms with Gasteiger partial charge in [0.25, 0.3) is 5.56 Å². The van der Waals surface area contributed by atoms with Crippen LogP contribution in [-0.4, -0.2) is 80.8 Å². The number of benzene rings is 1. The minimum absolute atomic E-state index is 0.149. The Kier molecular flexibility index (Phi) is 5.72. The molecule has 11 heteroatoms. The van der Waals surface area contributed by atoms with Gasteiger partial charge < -0.3 is 19.8 Å². The summed E-state index contributed by atoms with van der Waals surface area (Å²) in [7, 11) is 1.70. The van der Waals surface area contributed by atoms with Crippen molar-refractivity contribution in [2.24, 2.45) is 0 Å². The number of likely N-dealkylation sites (N-methyl/N-ethyl adjacent to an activating group) is 1. The van der Waals surface area contributed by atoms with Crippen LogP contribution in [0.4, 0.5) is 14.0 Å². The summed E-state index contributed by atoms with van der Waals surface area (Å²) in [5.41, 5.74) is 1.27. The first-order valence-corrected chi connectivity index (χ1v) is 11.9. The van der Waals surface area contributed by atoms with Crippen molar-refractivity contribution in [3.8, 4) is 10.4 Å². The van der Waals surface area contributed by atoms with E-state index in [0.717, 1.165) is 10.4 Å². The summed E-state index contributed by atoms with van der Waals surface area (Å²) in [5, 5.41) is 9.16. The monoisotopic (exact) mass is 485 g/mol. The minimum atomic E-state index is -0.969. The topological polar surface area (TPSA) is 99.0 Å². The molecule has 0 aliphatic carbocycles. The molecular weight excluding hydrogens is 461 g/mol. The molecule has 3 amide bonds. The number of thiophene rings is 1. The van der Waals surface area contributed by atoms with E-state index < -0.39 is 6.09 Å². The van der Waals surface area contributed by atoms with Gasteiger partial charge in [0.15, 0.2) is 0 Å². The fourth-order valence-electron chi connectivity index (χ4n) is 4.69. The lowest BCUT2D eigenvalue weighted by molar-refractivity contribution is 0.142. The van der Waals surface area contributed by atoms with Crippen LogP contribution < -0.4 is 5.56 Å². The van der Waals surface area contributed by atoms with Gasteiger partial charge in [-0.15, -0.1) is 11.3 Å². The highest BCUT2D eigenvalue weighted by atomic mass is 32.1. The van der Waals surface area contributed by atoms with Gasteiger partial charge in [0.1, 0.15) is 10.5 Å². The molecule has 2 atom stereocenters. The normalized spacial score (nSPS) is 20.3. The molecule has 2 aromatic heterocycles. The number of hydrogen-bond acceptors (Lipinski definition) is 5. The Morgan fingerprint density at radius 2 is 1.88 bits per heavy atom. The maximum absolute atomic E-state index is 13.3. The molecule has 2 fully saturated rings. The smallest absolute Gasteiger partial charge is 0.407 e. The van der Waals surface area contributed by atoms with E-state index in [1.165, 1.54) is 34.7 Å². The molecule has 1 N–H and O–H groups in total. The Bertz CT molecular complexity index is 1310. The number of fused-ring (bicyclic) bond motifs is 1. The Balaban J connectivity index is 1.31. The fourth-order valence-corrected chi connectivity index (χ4v) is 5.75. The standard InChI is InChI=1S/C23H24FN5O4S/c1-26(16-6-9-28(11-16)23(32)33)22(31)27-8-7-17(12-27)29-13-25-18-10-19(34-20(18)21(29)30)14-2-4-15(24)5-3-14/h2-5,10,13,16-17H,6-9,11-12H2,1H3,(H,32,33). The Morgan fingerprint density at radius 3 is 2.59 bits per heavy atom. The molecule has 2 aliphatic heterocycles. The first kappa shape index (κ1) is 22.3. The summed E-state index contributed by atoms with van der Waals surface area (Å²) in [6.45, 7) is 1.63. The second kappa shape index (κ2) is 8.71. The fraction of sp³-hybridized carbons (Fsp3) is 0.391. The zero-order chi connectivity index (χ0) is 24.0. The van der Waals surface area contributed by atoms with Gasteiger partial charge in [-0.25, -0.2) is 19.0 Å². The molecule has 178 valence electrons. The number of aromatic nitrogens is 2. The maximum atomic E-state index is 13.3. The maximum Gasteiger partial charge on any atom is 0.407 e. The SMILES string of the molecule is CN(C(=O)N1CCC(n2cnc3cc(-c4ccc(F)cc4)sc3c2=O)C1)C1CCN(C(=O)O)C1. The van der Waals surface area contributed by atoms with Gasteiger partial charge in [0, 0.05) is 38.1 Å². The van der Waals surface area contributed by atoms with Crippen LogP contribution in [-0.2, 0) is 0 Å². The Labute approximate surface area is 198 Å². The van der Waals surface area contributed by atoms with Crippen molar-refractivity contribution in [2.45, 2.75) is 24.9 Å². The molecule has 0 saturated carbocycles. The number of carbonyl (C=O) groups excluding carboxylic acids is 1. The number of nitrogens with zero attached hydrogens (tertiary/aromatic N) is 5. The average molecular weight is 486 g/mol. The molecular formula is C23H24FN5O4S. The molecule has 0 radical (unpaired) electrons. The van der Waals surface area contributed by atoms with Gasteiger partial charge in [-0.05, 0) is 36.6 Å². The van der Waals surface area contributed by atoms with E-state index in [4.69, 9.17) is 5.11 Å². The average Bonchev–Trinajstić information content (AvgIpc) is 3.58. The van der Waals surface area contributed by atoms with Crippen LogP contribution in [0.2, 0.25) is 0 Å². The molecule has 4 heterocycles. The van der Waals surface area contributed by atoms with Crippen LogP contribution in [0.3, 0.4) is 0 Å². The number of amides is 3. The van der Waals surface area contributed by atoms with E-state index in [1.807, 2.05) is 6.07 Å². The quantitative estimate of drug-likeness (QED) is 0.614. The molecule has 3 aromatic rings. The number of rotatable bonds is 3. The predicted molar refractivity (Wildman–Crippen MR) is 126 cm³/mol. The summed E-state index contributed by atoms with van der Waals surface area (Å²) >= 11 is 1.33. The van der Waals surface area contributed by atoms with E-state index >= 15 is 0 Å². The van der Waals surface area contributed by atoms with Crippen molar-refractivity contribution in [1.29, 1.82) is 0 Å². The van der Waals surface area contributed by atoms with Crippen LogP contribution in [0.5, 0.6) is 0 Å². The van der Waals surface area contributed by atoms with Crippen molar-refractivity contribution in [2.75, 3.05) is 33.2 Å². The molecule has 1 aromatic carbocycles. The first-order chi connectivity index (χ1) is 16.3. The highest BCUT2D eigenvalue weighted by molar-refractivity contribution is 7.22. The van der Waals surface area contributed by atoms with E-state index in [-0.39, 0.29) is 29.5 Å². The van der Waals surface area contributed by atoms with Gasteiger partial charge in [-0.3, -0.25) is 9.36 Å². The van der Waals surface area contributed by atoms with Crippen LogP contribution in [0.25, 0.3) is 20.7 Å². The zero-order valence-corrected chi connectivity index (χ0v) is 19.4. The number of likely N-dealkylation sites (tertiary alicyclic amines) is 2. The number of halogens is 1. The van der Waals surface area contributed by atoms with Crippen LogP contribution in [0.1, 0.15) is 18.9 Å². The van der Waals surface area contributed by atoms with Crippen LogP contribution in [0, 0.1) is 5.82 Å². The predicted octanol–water partition coefficient (Wildman–Crippen LogP) is 3.32. The van der Waals surface area contributed by atoms with E-state index in [9.17, 15) is 18.8 Å². The highest BCUT2D eigenvalue weighted by Crippen LogP contribution is 2.31. The zero-order valence-electron chi connectivity index (χ0n) is 18.6. The summed E-state index contributed by atoms with van der Waals surface area (Å²) in [4.78, 5) is 47.4. The van der Waals surface area contributed by atoms with Gasteiger partial charge in [0.05, 0.1) is 23.9 Å². The molecule has 0 bridgehead atoms. The number of carbonyl (C=O) groups is 2. The van der Waals surface area contributed by atoms with Crippen molar-refractivity contribution < 1.29 is 19.1 Å². The summed E-state index contributed by atoms with van der Waals surface area (Å²) in [6.07, 6.45) is 1.81. The summed E-state index contributed by atoms with van der Waals surface area (Å²) in [5.74, 6) is -0.316. The lowest BCUT2D eigenvalue weighted by Crippen LogP contribution is -2.46. The van der Waals surface area contributed by atoms with Gasteiger partial charge in [-0.2, -0.15) is 0 Å². The molecule has 5 rings (SSSR count). The third-order valence-electron chi connectivity index (χ3n) is 6.70. The number of carboxylic acid groups (broad SMARTS) is 1. The van der Waals surface area contributed by atoms with Gasteiger partial charge in [0.2, 0.25) is 0 Å². The van der Waals surface area contributed by atoms with E-state index in [1.54, 1.807) is 33.5 Å². The van der Waals surface area contributed by atoms with Crippen LogP contribution in [0.15, 0.2) is 41.5 Å². The largest absolute Gasteiger partial charge is 0.465 e. The molecule has 34 heavy (non-hydrogen) atoms. The van der Waals surface area contributed by atoms with Crippen molar-refractivity contribution in [3.63, 3.8) is 0 Å². The summed E-state index contributed by atoms with van der Waals surface area (Å²) in [6, 6.07) is 7.47. The minimum Gasteiger partial charge on any atom is -0.465 e.